The fraction of sp³-hybridized carbons (Fsp3) is 0.571. The van der Waals surface area contributed by atoms with Crippen LogP contribution < -0.4 is 10.6 Å². The van der Waals surface area contributed by atoms with E-state index in [9.17, 15) is 4.79 Å². The maximum atomic E-state index is 12.3. The van der Waals surface area contributed by atoms with Crippen LogP contribution in [-0.2, 0) is 4.79 Å². The first-order valence-electron chi connectivity index (χ1n) is 6.70. The summed E-state index contributed by atoms with van der Waals surface area (Å²) in [6.07, 6.45) is 6.90. The van der Waals surface area contributed by atoms with Crippen LogP contribution in [0.4, 0.5) is 0 Å². The van der Waals surface area contributed by atoms with Crippen molar-refractivity contribution in [2.75, 3.05) is 0 Å². The van der Waals surface area contributed by atoms with Crippen LogP contribution in [0.25, 0.3) is 0 Å². The number of hydrogen-bond donors (Lipinski definition) is 2. The molecule has 4 atom stereocenters. The third-order valence-electron chi connectivity index (χ3n) is 4.20. The van der Waals surface area contributed by atoms with Crippen LogP contribution in [0.3, 0.4) is 0 Å². The van der Waals surface area contributed by atoms with Gasteiger partial charge in [0, 0.05) is 24.5 Å². The monoisotopic (exact) mass is 245 g/mol. The van der Waals surface area contributed by atoms with E-state index < -0.39 is 0 Å². The molecule has 0 aliphatic carbocycles. The molecule has 2 saturated heterocycles. The summed E-state index contributed by atoms with van der Waals surface area (Å²) in [6.45, 7) is 2.02. The van der Waals surface area contributed by atoms with Gasteiger partial charge in [-0.2, -0.15) is 0 Å². The van der Waals surface area contributed by atoms with Crippen LogP contribution in [0.15, 0.2) is 24.5 Å². The molecule has 0 spiro atoms. The summed E-state index contributed by atoms with van der Waals surface area (Å²) in [4.78, 5) is 16.2. The van der Waals surface area contributed by atoms with Crippen LogP contribution >= 0.6 is 0 Å². The van der Waals surface area contributed by atoms with Crippen LogP contribution in [0.5, 0.6) is 0 Å². The van der Waals surface area contributed by atoms with Gasteiger partial charge in [0.05, 0.1) is 12.0 Å². The highest BCUT2D eigenvalue weighted by Crippen LogP contribution is 2.33. The van der Waals surface area contributed by atoms with E-state index >= 15 is 0 Å². The first kappa shape index (κ1) is 11.7. The molecule has 3 rings (SSSR count). The van der Waals surface area contributed by atoms with Gasteiger partial charge >= 0.3 is 0 Å². The smallest absolute Gasteiger partial charge is 0.225 e. The van der Waals surface area contributed by atoms with Crippen molar-refractivity contribution >= 4 is 5.91 Å². The van der Waals surface area contributed by atoms with Crippen molar-refractivity contribution in [1.29, 1.82) is 0 Å². The van der Waals surface area contributed by atoms with Gasteiger partial charge in [-0.1, -0.05) is 0 Å². The minimum absolute atomic E-state index is 0.0552. The molecular weight excluding hydrogens is 226 g/mol. The second-order valence-corrected chi connectivity index (χ2v) is 5.40. The van der Waals surface area contributed by atoms with Crippen LogP contribution in [0, 0.1) is 5.92 Å². The van der Waals surface area contributed by atoms with Crippen molar-refractivity contribution in [3.8, 4) is 0 Å². The number of carbonyl (C=O) groups excluding carboxylic acids is 1. The van der Waals surface area contributed by atoms with Gasteiger partial charge in [-0.25, -0.2) is 0 Å². The molecular formula is C14H19N3O. The van der Waals surface area contributed by atoms with Gasteiger partial charge in [0.1, 0.15) is 0 Å². The van der Waals surface area contributed by atoms with E-state index in [4.69, 9.17) is 0 Å². The zero-order chi connectivity index (χ0) is 12.5. The molecule has 0 aromatic carbocycles. The number of nitrogens with one attached hydrogen (secondary N) is 2. The molecule has 2 aliphatic heterocycles. The number of carbonyl (C=O) groups is 1. The molecule has 1 amide bonds. The Hall–Kier alpha value is -1.42. The average molecular weight is 245 g/mol. The number of aromatic nitrogens is 1. The molecule has 18 heavy (non-hydrogen) atoms. The van der Waals surface area contributed by atoms with Crippen molar-refractivity contribution in [1.82, 2.24) is 15.6 Å². The van der Waals surface area contributed by atoms with E-state index in [1.165, 1.54) is 6.42 Å². The zero-order valence-corrected chi connectivity index (χ0v) is 10.6. The summed E-state index contributed by atoms with van der Waals surface area (Å²) >= 11 is 0. The molecule has 0 radical (unpaired) electrons. The number of rotatable bonds is 3. The normalized spacial score (nSPS) is 31.3. The zero-order valence-electron chi connectivity index (χ0n) is 10.6. The van der Waals surface area contributed by atoms with Crippen molar-refractivity contribution in [2.24, 2.45) is 5.92 Å². The largest absolute Gasteiger partial charge is 0.349 e. The number of pyridine rings is 1. The molecule has 0 saturated carbocycles. The van der Waals surface area contributed by atoms with Gasteiger partial charge in [0.2, 0.25) is 5.91 Å². The van der Waals surface area contributed by atoms with E-state index in [2.05, 4.69) is 15.6 Å². The summed E-state index contributed by atoms with van der Waals surface area (Å²) in [5, 5.41) is 6.62. The lowest BCUT2D eigenvalue weighted by Gasteiger charge is -2.22. The topological polar surface area (TPSA) is 54.0 Å². The second-order valence-electron chi connectivity index (χ2n) is 5.40. The minimum Gasteiger partial charge on any atom is -0.349 e. The predicted molar refractivity (Wildman–Crippen MR) is 68.8 cm³/mol. The van der Waals surface area contributed by atoms with Gasteiger partial charge in [-0.15, -0.1) is 0 Å². The number of amides is 1. The summed E-state index contributed by atoms with van der Waals surface area (Å²) < 4.78 is 0. The first-order chi connectivity index (χ1) is 8.74. The molecule has 2 fully saturated rings. The fourth-order valence-corrected chi connectivity index (χ4v) is 3.17. The summed E-state index contributed by atoms with van der Waals surface area (Å²) in [5.74, 6) is 0.354. The van der Waals surface area contributed by atoms with E-state index in [-0.39, 0.29) is 17.9 Å². The molecule has 3 heterocycles. The minimum atomic E-state index is 0.0552. The summed E-state index contributed by atoms with van der Waals surface area (Å²) in [7, 11) is 0. The predicted octanol–water partition coefficient (Wildman–Crippen LogP) is 1.40. The molecule has 4 heteroatoms. The van der Waals surface area contributed by atoms with Crippen molar-refractivity contribution < 1.29 is 4.79 Å². The Labute approximate surface area is 107 Å². The van der Waals surface area contributed by atoms with Gasteiger partial charge in [0.15, 0.2) is 0 Å². The van der Waals surface area contributed by atoms with Gasteiger partial charge in [0.25, 0.3) is 0 Å². The Bertz CT molecular complexity index is 434. The molecule has 2 N–H and O–H groups in total. The first-order valence-corrected chi connectivity index (χ1v) is 6.70. The molecule has 96 valence electrons. The SMILES string of the molecule is C[C@H](NC(=O)C1CC2CCC1N2)c1ccncc1. The number of fused-ring (bicyclic) bond motifs is 2. The fourth-order valence-electron chi connectivity index (χ4n) is 3.17. The maximum Gasteiger partial charge on any atom is 0.225 e. The van der Waals surface area contributed by atoms with Gasteiger partial charge in [-0.3, -0.25) is 9.78 Å². The van der Waals surface area contributed by atoms with Crippen molar-refractivity contribution in [3.63, 3.8) is 0 Å². The van der Waals surface area contributed by atoms with Crippen molar-refractivity contribution in [2.45, 2.75) is 44.3 Å². The lowest BCUT2D eigenvalue weighted by molar-refractivity contribution is -0.126. The Morgan fingerprint density at radius 2 is 2.22 bits per heavy atom. The van der Waals surface area contributed by atoms with E-state index in [1.807, 2.05) is 19.1 Å². The van der Waals surface area contributed by atoms with E-state index in [1.54, 1.807) is 12.4 Å². The summed E-state index contributed by atoms with van der Waals surface area (Å²) in [6, 6.07) is 4.93. The van der Waals surface area contributed by atoms with E-state index in [0.29, 0.717) is 12.1 Å². The summed E-state index contributed by atoms with van der Waals surface area (Å²) in [5.41, 5.74) is 1.11. The Morgan fingerprint density at radius 1 is 1.44 bits per heavy atom. The maximum absolute atomic E-state index is 12.3. The van der Waals surface area contributed by atoms with Crippen LogP contribution in [0.1, 0.15) is 37.8 Å². The number of hydrogen-bond acceptors (Lipinski definition) is 3. The second kappa shape index (κ2) is 4.69. The lowest BCUT2D eigenvalue weighted by atomic mass is 9.88. The highest BCUT2D eigenvalue weighted by Gasteiger charge is 2.42. The molecule has 4 nitrogen and oxygen atoms in total. The number of nitrogens with zero attached hydrogens (tertiary/aromatic N) is 1. The molecule has 1 aromatic heterocycles. The third kappa shape index (κ3) is 2.12. The quantitative estimate of drug-likeness (QED) is 0.846. The molecule has 1 aromatic rings. The molecule has 2 bridgehead atoms. The van der Waals surface area contributed by atoms with Gasteiger partial charge < -0.3 is 10.6 Å². The van der Waals surface area contributed by atoms with E-state index in [0.717, 1.165) is 18.4 Å². The Morgan fingerprint density at radius 3 is 2.83 bits per heavy atom. The van der Waals surface area contributed by atoms with Crippen LogP contribution in [0.2, 0.25) is 0 Å². The molecule has 3 unspecified atom stereocenters. The highest BCUT2D eigenvalue weighted by molar-refractivity contribution is 5.80. The Balaban J connectivity index is 1.61. The van der Waals surface area contributed by atoms with Crippen LogP contribution in [-0.4, -0.2) is 23.0 Å². The standard InChI is InChI=1S/C14H19N3O/c1-9(10-4-6-15-7-5-10)16-14(18)12-8-11-2-3-13(12)17-11/h4-7,9,11-13,17H,2-3,8H2,1H3,(H,16,18)/t9-,11?,12?,13?/m0/s1. The highest BCUT2D eigenvalue weighted by atomic mass is 16.2. The van der Waals surface area contributed by atoms with Gasteiger partial charge in [-0.05, 0) is 43.9 Å². The third-order valence-corrected chi connectivity index (χ3v) is 4.20. The molecule has 2 aliphatic rings. The van der Waals surface area contributed by atoms with Crippen molar-refractivity contribution in [3.05, 3.63) is 30.1 Å². The lowest BCUT2D eigenvalue weighted by Crippen LogP contribution is -2.38. The Kier molecular flexibility index (Phi) is 3.04. The average Bonchev–Trinajstić information content (AvgIpc) is 3.02.